The molecule has 23 heavy (non-hydrogen) atoms. The second-order valence-corrected chi connectivity index (χ2v) is 20.6. The average Bonchev–Trinajstić information content (AvgIpc) is 2.97. The van der Waals surface area contributed by atoms with Crippen molar-refractivity contribution < 1.29 is 19.4 Å². The minimum absolute atomic E-state index is 0.228. The van der Waals surface area contributed by atoms with Crippen LogP contribution in [0.3, 0.4) is 0 Å². The van der Waals surface area contributed by atoms with Gasteiger partial charge in [-0.1, -0.05) is 0 Å². The Morgan fingerprint density at radius 2 is 1.61 bits per heavy atom. The van der Waals surface area contributed by atoms with Gasteiger partial charge in [0.15, 0.2) is 0 Å². The molecule has 5 heteroatoms. The molecule has 0 unspecified atom stereocenters. The van der Waals surface area contributed by atoms with Crippen LogP contribution in [0.5, 0.6) is 0 Å². The van der Waals surface area contributed by atoms with E-state index in [-0.39, 0.29) is 4.12 Å². The molecule has 0 saturated carbocycles. The summed E-state index contributed by atoms with van der Waals surface area (Å²) in [4.78, 5) is 12.3. The summed E-state index contributed by atoms with van der Waals surface area (Å²) < 4.78 is 14.5. The molecule has 1 aliphatic heterocycles. The molecule has 136 valence electrons. The van der Waals surface area contributed by atoms with Crippen LogP contribution >= 0.6 is 0 Å². The topological polar surface area (TPSA) is 55.8 Å². The van der Waals surface area contributed by atoms with Gasteiger partial charge in [-0.2, -0.15) is 0 Å². The number of methoxy groups -OCH3 is 1. The van der Waals surface area contributed by atoms with E-state index in [9.17, 15) is 9.90 Å². The van der Waals surface area contributed by atoms with E-state index in [4.69, 9.17) is 9.47 Å². The first-order valence-electron chi connectivity index (χ1n) is 9.43. The van der Waals surface area contributed by atoms with Crippen LogP contribution in [-0.2, 0) is 14.3 Å². The summed E-state index contributed by atoms with van der Waals surface area (Å²) in [6.07, 6.45) is 7.48. The number of hydrogen-bond donors (Lipinski definition) is 1. The summed E-state index contributed by atoms with van der Waals surface area (Å²) >= 11 is -2.83. The van der Waals surface area contributed by atoms with Gasteiger partial charge in [0.2, 0.25) is 0 Å². The molecule has 0 aromatic heterocycles. The molecule has 4 nitrogen and oxygen atoms in total. The van der Waals surface area contributed by atoms with Crippen molar-refractivity contribution in [3.05, 3.63) is 0 Å². The van der Waals surface area contributed by atoms with Gasteiger partial charge in [0.25, 0.3) is 0 Å². The van der Waals surface area contributed by atoms with E-state index in [1.54, 1.807) is 0 Å². The van der Waals surface area contributed by atoms with Crippen molar-refractivity contribution in [3.8, 4) is 0 Å². The molecule has 0 aromatic carbocycles. The molecule has 1 heterocycles. The fourth-order valence-corrected chi connectivity index (χ4v) is 22.5. The molecule has 1 N–H and O–H groups in total. The van der Waals surface area contributed by atoms with E-state index in [1.807, 2.05) is 0 Å². The quantitative estimate of drug-likeness (QED) is 0.393. The van der Waals surface area contributed by atoms with Crippen molar-refractivity contribution in [1.29, 1.82) is 0 Å². The summed E-state index contributed by atoms with van der Waals surface area (Å²) in [6.45, 7) is 7.15. The second kappa shape index (κ2) is 10.2. The first-order valence-corrected chi connectivity index (χ1v) is 17.1. The number of aliphatic hydroxyl groups is 1. The molecule has 0 aliphatic carbocycles. The molecule has 1 rings (SSSR count). The van der Waals surface area contributed by atoms with E-state index in [0.29, 0.717) is 13.0 Å². The van der Waals surface area contributed by atoms with Gasteiger partial charge in [-0.25, -0.2) is 0 Å². The Bertz CT molecular complexity index is 339. The van der Waals surface area contributed by atoms with Crippen LogP contribution in [0.4, 0.5) is 0 Å². The Morgan fingerprint density at radius 1 is 1.13 bits per heavy atom. The van der Waals surface area contributed by atoms with Crippen molar-refractivity contribution in [1.82, 2.24) is 0 Å². The Kier molecular flexibility index (Phi) is 9.45. The summed E-state index contributed by atoms with van der Waals surface area (Å²) in [5.41, 5.74) is -1.39. The van der Waals surface area contributed by atoms with Crippen LogP contribution in [0.25, 0.3) is 0 Å². The number of rotatable bonds is 11. The van der Waals surface area contributed by atoms with E-state index < -0.39 is 29.9 Å². The maximum atomic E-state index is 12.3. The van der Waals surface area contributed by atoms with E-state index in [1.165, 1.54) is 58.9 Å². The Balaban J connectivity index is 3.13. The van der Waals surface area contributed by atoms with Crippen LogP contribution in [-0.4, -0.2) is 52.9 Å². The van der Waals surface area contributed by atoms with Crippen molar-refractivity contribution in [2.75, 3.05) is 13.7 Å². The SMILES string of the molecule is CCC[CH2][Sn]([CH2]CCC)([CH2]CCC)[C@H]1OCC[C@@]1(O)C(=O)OC. The first-order chi connectivity index (χ1) is 11.0. The van der Waals surface area contributed by atoms with E-state index in [2.05, 4.69) is 20.8 Å². The Labute approximate surface area is 146 Å². The molecule has 1 aliphatic rings. The molecule has 1 fully saturated rings. The van der Waals surface area contributed by atoms with Crippen LogP contribution in [0.15, 0.2) is 0 Å². The molecule has 0 amide bonds. The predicted molar refractivity (Wildman–Crippen MR) is 96.2 cm³/mol. The molecule has 0 aromatic rings. The van der Waals surface area contributed by atoms with E-state index >= 15 is 0 Å². The fourth-order valence-electron chi connectivity index (χ4n) is 4.03. The average molecular weight is 435 g/mol. The van der Waals surface area contributed by atoms with Gasteiger partial charge in [0.05, 0.1) is 0 Å². The number of unbranched alkanes of at least 4 members (excludes halogenated alkanes) is 3. The number of esters is 1. The zero-order valence-electron chi connectivity index (χ0n) is 15.5. The molecule has 0 radical (unpaired) electrons. The normalized spacial score (nSPS) is 24.8. The molecule has 0 bridgehead atoms. The molecule has 2 atom stereocenters. The molecule has 1 saturated heterocycles. The van der Waals surface area contributed by atoms with Crippen molar-refractivity contribution in [2.24, 2.45) is 0 Å². The molecular formula is C18H36O4Sn. The number of carbonyl (C=O) groups excluding carboxylic acids is 1. The van der Waals surface area contributed by atoms with Crippen molar-refractivity contribution in [3.63, 3.8) is 0 Å². The second-order valence-electron chi connectivity index (χ2n) is 7.09. The van der Waals surface area contributed by atoms with Gasteiger partial charge in [-0.15, -0.1) is 0 Å². The van der Waals surface area contributed by atoms with Gasteiger partial charge in [-0.05, 0) is 0 Å². The molecular weight excluding hydrogens is 399 g/mol. The van der Waals surface area contributed by atoms with Gasteiger partial charge in [0, 0.05) is 0 Å². The summed E-state index contributed by atoms with van der Waals surface area (Å²) in [7, 11) is 1.37. The van der Waals surface area contributed by atoms with Gasteiger partial charge < -0.3 is 0 Å². The third-order valence-electron chi connectivity index (χ3n) is 5.38. The van der Waals surface area contributed by atoms with Gasteiger partial charge >= 0.3 is 146 Å². The molecule has 0 spiro atoms. The first kappa shape index (κ1) is 21.2. The fraction of sp³-hybridized carbons (Fsp3) is 0.944. The maximum absolute atomic E-state index is 12.3. The summed E-state index contributed by atoms with van der Waals surface area (Å²) in [5.74, 6) is -0.481. The third kappa shape index (κ3) is 5.08. The Morgan fingerprint density at radius 3 is 2.00 bits per heavy atom. The van der Waals surface area contributed by atoms with Crippen LogP contribution in [0.2, 0.25) is 13.3 Å². The van der Waals surface area contributed by atoms with E-state index in [0.717, 1.165) is 0 Å². The number of hydrogen-bond acceptors (Lipinski definition) is 4. The number of ether oxygens (including phenoxy) is 2. The zero-order chi connectivity index (χ0) is 17.3. The van der Waals surface area contributed by atoms with Crippen LogP contribution in [0, 0.1) is 0 Å². The van der Waals surface area contributed by atoms with Crippen LogP contribution < -0.4 is 0 Å². The zero-order valence-corrected chi connectivity index (χ0v) is 18.4. The standard InChI is InChI=1S/C6H9O4.3C4H9.Sn/c1-9-5(7)6(8)2-3-10-4-6;3*1-3-4-2;/h4,8H,2-3H2,1H3;3*1,3-4H2,2H3;/t6-;;;;/m0..../s1. The van der Waals surface area contributed by atoms with Crippen molar-refractivity contribution >= 4 is 24.3 Å². The van der Waals surface area contributed by atoms with Gasteiger partial charge in [0.1, 0.15) is 0 Å². The summed E-state index contributed by atoms with van der Waals surface area (Å²) in [5, 5.41) is 11.1. The third-order valence-corrected chi connectivity index (χ3v) is 21.9. The monoisotopic (exact) mass is 436 g/mol. The van der Waals surface area contributed by atoms with Crippen molar-refractivity contribution in [2.45, 2.75) is 88.7 Å². The van der Waals surface area contributed by atoms with Crippen LogP contribution in [0.1, 0.15) is 65.7 Å². The minimum atomic E-state index is -2.83. The number of carbonyl (C=O) groups is 1. The summed E-state index contributed by atoms with van der Waals surface area (Å²) in [6, 6.07) is 0. The Hall–Kier alpha value is 0.189. The predicted octanol–water partition coefficient (Wildman–Crippen LogP) is 4.07. The van der Waals surface area contributed by atoms with Gasteiger partial charge in [-0.3, -0.25) is 0 Å².